The Kier molecular flexibility index (Phi) is 5.64. The first kappa shape index (κ1) is 16.7. The zero-order valence-corrected chi connectivity index (χ0v) is 14.3. The van der Waals surface area contributed by atoms with E-state index in [0.717, 1.165) is 31.1 Å². The van der Waals surface area contributed by atoms with Gasteiger partial charge in [-0.25, -0.2) is 4.68 Å². The Labute approximate surface area is 143 Å². The standard InChI is InChI=1S/C19H26N4O/c1-16-8-14-22(15-9-16)12-2-10-20-19(24)17-4-6-18(7-5-17)23-13-3-11-21-23/h3-7,11,13,16H,2,8-10,12,14-15H2,1H3,(H,20,24). The second kappa shape index (κ2) is 8.11. The van der Waals surface area contributed by atoms with Gasteiger partial charge in [0.05, 0.1) is 5.69 Å². The quantitative estimate of drug-likeness (QED) is 0.831. The van der Waals surface area contributed by atoms with Crippen molar-refractivity contribution in [2.24, 2.45) is 5.92 Å². The molecule has 1 aliphatic rings. The number of aromatic nitrogens is 2. The summed E-state index contributed by atoms with van der Waals surface area (Å²) in [6.45, 7) is 6.53. The number of benzene rings is 1. The Morgan fingerprint density at radius 3 is 2.67 bits per heavy atom. The zero-order chi connectivity index (χ0) is 16.8. The Balaban J connectivity index is 1.40. The van der Waals surface area contributed by atoms with Crippen LogP contribution >= 0.6 is 0 Å². The third-order valence-electron chi connectivity index (χ3n) is 4.71. The average Bonchev–Trinajstić information content (AvgIpc) is 3.15. The smallest absolute Gasteiger partial charge is 0.251 e. The van der Waals surface area contributed by atoms with Crippen LogP contribution in [0.15, 0.2) is 42.7 Å². The zero-order valence-electron chi connectivity index (χ0n) is 14.3. The highest BCUT2D eigenvalue weighted by molar-refractivity contribution is 5.94. The largest absolute Gasteiger partial charge is 0.352 e. The fourth-order valence-corrected chi connectivity index (χ4v) is 3.08. The molecule has 0 aliphatic carbocycles. The second-order valence-electron chi connectivity index (χ2n) is 6.63. The molecule has 0 saturated carbocycles. The first-order valence-corrected chi connectivity index (χ1v) is 8.83. The number of hydrogen-bond acceptors (Lipinski definition) is 3. The molecule has 0 spiro atoms. The van der Waals surface area contributed by atoms with Crippen molar-refractivity contribution in [1.82, 2.24) is 20.0 Å². The van der Waals surface area contributed by atoms with Crippen LogP contribution in [0.25, 0.3) is 5.69 Å². The SMILES string of the molecule is CC1CCN(CCCNC(=O)c2ccc(-n3cccn3)cc2)CC1. The van der Waals surface area contributed by atoms with E-state index in [1.54, 1.807) is 10.9 Å². The van der Waals surface area contributed by atoms with Crippen LogP contribution in [0.3, 0.4) is 0 Å². The number of piperidine rings is 1. The lowest BCUT2D eigenvalue weighted by atomic mass is 9.99. The van der Waals surface area contributed by atoms with Crippen molar-refractivity contribution in [2.75, 3.05) is 26.2 Å². The predicted molar refractivity (Wildman–Crippen MR) is 95.4 cm³/mol. The highest BCUT2D eigenvalue weighted by atomic mass is 16.1. The maximum atomic E-state index is 12.2. The van der Waals surface area contributed by atoms with E-state index in [0.29, 0.717) is 5.56 Å². The van der Waals surface area contributed by atoms with Crippen molar-refractivity contribution in [2.45, 2.75) is 26.2 Å². The van der Waals surface area contributed by atoms with Crippen molar-refractivity contribution < 1.29 is 4.79 Å². The van der Waals surface area contributed by atoms with Gasteiger partial charge in [0.2, 0.25) is 0 Å². The van der Waals surface area contributed by atoms with Crippen LogP contribution in [0.2, 0.25) is 0 Å². The van der Waals surface area contributed by atoms with E-state index in [4.69, 9.17) is 0 Å². The van der Waals surface area contributed by atoms with Gasteiger partial charge in [-0.1, -0.05) is 6.92 Å². The molecule has 1 fully saturated rings. The normalized spacial score (nSPS) is 16.2. The van der Waals surface area contributed by atoms with Gasteiger partial charge in [0, 0.05) is 24.5 Å². The molecule has 1 aromatic carbocycles. The number of hydrogen-bond donors (Lipinski definition) is 1. The highest BCUT2D eigenvalue weighted by Gasteiger charge is 2.15. The molecule has 0 atom stereocenters. The van der Waals surface area contributed by atoms with Gasteiger partial charge in [0.15, 0.2) is 0 Å². The summed E-state index contributed by atoms with van der Waals surface area (Å²) in [5.74, 6) is 0.861. The van der Waals surface area contributed by atoms with Gasteiger partial charge in [-0.15, -0.1) is 0 Å². The number of rotatable bonds is 6. The second-order valence-corrected chi connectivity index (χ2v) is 6.63. The molecule has 24 heavy (non-hydrogen) atoms. The van der Waals surface area contributed by atoms with Crippen molar-refractivity contribution in [1.29, 1.82) is 0 Å². The molecular formula is C19H26N4O. The van der Waals surface area contributed by atoms with Crippen LogP contribution in [0, 0.1) is 5.92 Å². The number of likely N-dealkylation sites (tertiary alicyclic amines) is 1. The summed E-state index contributed by atoms with van der Waals surface area (Å²) < 4.78 is 1.78. The summed E-state index contributed by atoms with van der Waals surface area (Å²) in [5.41, 5.74) is 1.65. The van der Waals surface area contributed by atoms with E-state index < -0.39 is 0 Å². The fraction of sp³-hybridized carbons (Fsp3) is 0.474. The van der Waals surface area contributed by atoms with Crippen LogP contribution < -0.4 is 5.32 Å². The number of nitrogens with zero attached hydrogens (tertiary/aromatic N) is 3. The predicted octanol–water partition coefficient (Wildman–Crippen LogP) is 2.72. The third-order valence-corrected chi connectivity index (χ3v) is 4.71. The Bertz CT molecular complexity index is 628. The molecule has 0 bridgehead atoms. The number of amides is 1. The summed E-state index contributed by atoms with van der Waals surface area (Å²) >= 11 is 0. The van der Waals surface area contributed by atoms with Crippen molar-refractivity contribution >= 4 is 5.91 Å². The molecule has 0 radical (unpaired) electrons. The van der Waals surface area contributed by atoms with Gasteiger partial charge in [0.1, 0.15) is 0 Å². The summed E-state index contributed by atoms with van der Waals surface area (Å²) in [4.78, 5) is 14.7. The summed E-state index contributed by atoms with van der Waals surface area (Å²) in [6.07, 6.45) is 7.23. The lowest BCUT2D eigenvalue weighted by Crippen LogP contribution is -2.35. The number of carbonyl (C=O) groups excluding carboxylic acids is 1. The Morgan fingerprint density at radius 2 is 2.00 bits per heavy atom. The Hall–Kier alpha value is -2.14. The average molecular weight is 326 g/mol. The monoisotopic (exact) mass is 326 g/mol. The lowest BCUT2D eigenvalue weighted by molar-refractivity contribution is 0.0950. The highest BCUT2D eigenvalue weighted by Crippen LogP contribution is 2.15. The molecule has 1 N–H and O–H groups in total. The molecule has 5 nitrogen and oxygen atoms in total. The van der Waals surface area contributed by atoms with Gasteiger partial charge < -0.3 is 10.2 Å². The van der Waals surface area contributed by atoms with E-state index in [1.807, 2.05) is 36.5 Å². The van der Waals surface area contributed by atoms with Crippen LogP contribution in [0.5, 0.6) is 0 Å². The van der Waals surface area contributed by atoms with Gasteiger partial charge in [-0.3, -0.25) is 4.79 Å². The van der Waals surface area contributed by atoms with E-state index in [2.05, 4.69) is 22.2 Å². The van der Waals surface area contributed by atoms with Crippen LogP contribution in [0.1, 0.15) is 36.5 Å². The first-order valence-electron chi connectivity index (χ1n) is 8.83. The van der Waals surface area contributed by atoms with Crippen molar-refractivity contribution in [3.8, 4) is 5.69 Å². The van der Waals surface area contributed by atoms with Gasteiger partial charge in [-0.2, -0.15) is 5.10 Å². The maximum Gasteiger partial charge on any atom is 0.251 e. The van der Waals surface area contributed by atoms with Gasteiger partial charge in [0.25, 0.3) is 5.91 Å². The molecule has 2 heterocycles. The number of nitrogens with one attached hydrogen (secondary N) is 1. The number of carbonyl (C=O) groups is 1. The van der Waals surface area contributed by atoms with E-state index in [-0.39, 0.29) is 5.91 Å². The molecule has 1 saturated heterocycles. The molecule has 1 amide bonds. The lowest BCUT2D eigenvalue weighted by Gasteiger charge is -2.30. The maximum absolute atomic E-state index is 12.2. The molecule has 1 aromatic heterocycles. The topological polar surface area (TPSA) is 50.2 Å². The summed E-state index contributed by atoms with van der Waals surface area (Å²) in [7, 11) is 0. The molecule has 0 unspecified atom stereocenters. The van der Waals surface area contributed by atoms with Gasteiger partial charge in [-0.05, 0) is 75.1 Å². The van der Waals surface area contributed by atoms with E-state index >= 15 is 0 Å². The Morgan fingerprint density at radius 1 is 1.25 bits per heavy atom. The molecule has 1 aliphatic heterocycles. The van der Waals surface area contributed by atoms with Crippen LogP contribution in [0.4, 0.5) is 0 Å². The minimum atomic E-state index is -0.00529. The van der Waals surface area contributed by atoms with Gasteiger partial charge >= 0.3 is 0 Å². The summed E-state index contributed by atoms with van der Waals surface area (Å²) in [6, 6.07) is 9.40. The molecule has 2 aromatic rings. The van der Waals surface area contributed by atoms with Crippen LogP contribution in [-0.2, 0) is 0 Å². The van der Waals surface area contributed by atoms with E-state index in [1.165, 1.54) is 25.9 Å². The molecule has 5 heteroatoms. The van der Waals surface area contributed by atoms with E-state index in [9.17, 15) is 4.79 Å². The molecular weight excluding hydrogens is 300 g/mol. The minimum absolute atomic E-state index is 0.00529. The first-order chi connectivity index (χ1) is 11.7. The fourth-order valence-electron chi connectivity index (χ4n) is 3.08. The summed E-state index contributed by atoms with van der Waals surface area (Å²) in [5, 5.41) is 7.20. The minimum Gasteiger partial charge on any atom is -0.352 e. The molecule has 3 rings (SSSR count). The molecule has 128 valence electrons. The van der Waals surface area contributed by atoms with Crippen LogP contribution in [-0.4, -0.2) is 46.8 Å². The third kappa shape index (κ3) is 4.45. The van der Waals surface area contributed by atoms with Crippen molar-refractivity contribution in [3.05, 3.63) is 48.3 Å². The van der Waals surface area contributed by atoms with Crippen molar-refractivity contribution in [3.63, 3.8) is 0 Å².